The molecule has 0 unspecified atom stereocenters. The second kappa shape index (κ2) is 6.71. The summed E-state index contributed by atoms with van der Waals surface area (Å²) in [6.07, 6.45) is 1.73. The number of carbonyl (C=O) groups is 2. The molecule has 2 aliphatic rings. The summed E-state index contributed by atoms with van der Waals surface area (Å²) in [5.74, 6) is 0.499. The molecule has 6 nitrogen and oxygen atoms in total. The Morgan fingerprint density at radius 1 is 0.923 bits per heavy atom. The highest BCUT2D eigenvalue weighted by atomic mass is 16.6. The summed E-state index contributed by atoms with van der Waals surface area (Å²) in [7, 11) is 0. The van der Waals surface area contributed by atoms with Crippen LogP contribution in [-0.2, 0) is 15.0 Å². The topological polar surface area (TPSA) is 76.7 Å². The number of carbonyl (C=O) groups excluding carboxylic acids is 2. The van der Waals surface area contributed by atoms with Gasteiger partial charge in [0.2, 0.25) is 12.0 Å². The van der Waals surface area contributed by atoms with Crippen molar-refractivity contribution in [1.29, 1.82) is 0 Å². The van der Waals surface area contributed by atoms with E-state index in [1.165, 1.54) is 0 Å². The fourth-order valence-corrected chi connectivity index (χ4v) is 3.40. The van der Waals surface area contributed by atoms with Gasteiger partial charge in [-0.25, -0.2) is 0 Å². The maximum absolute atomic E-state index is 12.7. The molecule has 1 aliphatic carbocycles. The molecule has 1 atom stereocenters. The number of amides is 2. The van der Waals surface area contributed by atoms with Crippen molar-refractivity contribution >= 4 is 11.8 Å². The molecule has 26 heavy (non-hydrogen) atoms. The zero-order chi connectivity index (χ0) is 18.0. The van der Waals surface area contributed by atoms with Crippen LogP contribution in [-0.4, -0.2) is 24.5 Å². The summed E-state index contributed by atoms with van der Waals surface area (Å²) >= 11 is 0. The van der Waals surface area contributed by atoms with Crippen LogP contribution in [0.4, 0.5) is 0 Å². The quantitative estimate of drug-likeness (QED) is 0.830. The van der Waals surface area contributed by atoms with Gasteiger partial charge in [-0.3, -0.25) is 20.4 Å². The van der Waals surface area contributed by atoms with Gasteiger partial charge in [-0.2, -0.15) is 0 Å². The first-order valence-electron chi connectivity index (χ1n) is 8.73. The smallest absolute Gasteiger partial charge is 0.283 e. The van der Waals surface area contributed by atoms with Crippen molar-refractivity contribution in [3.05, 3.63) is 60.2 Å². The van der Waals surface area contributed by atoms with Crippen LogP contribution >= 0.6 is 0 Å². The number of hydrogen-bond acceptors (Lipinski definition) is 4. The number of hydrogen-bond donors (Lipinski definition) is 2. The Morgan fingerprint density at radius 3 is 2.31 bits per heavy atom. The monoisotopic (exact) mass is 352 g/mol. The van der Waals surface area contributed by atoms with Crippen LogP contribution in [0.3, 0.4) is 0 Å². The first-order chi connectivity index (χ1) is 12.7. The molecule has 1 aliphatic heterocycles. The van der Waals surface area contributed by atoms with Crippen LogP contribution in [0.25, 0.3) is 0 Å². The van der Waals surface area contributed by atoms with Crippen molar-refractivity contribution < 1.29 is 19.1 Å². The summed E-state index contributed by atoms with van der Waals surface area (Å²) in [4.78, 5) is 25.1. The van der Waals surface area contributed by atoms with Crippen LogP contribution in [0.1, 0.15) is 24.8 Å². The van der Waals surface area contributed by atoms with Crippen LogP contribution in [0.2, 0.25) is 0 Å². The molecule has 2 amide bonds. The van der Waals surface area contributed by atoms with Gasteiger partial charge in [0.25, 0.3) is 5.91 Å². The third-order valence-electron chi connectivity index (χ3n) is 5.07. The first kappa shape index (κ1) is 16.4. The van der Waals surface area contributed by atoms with Crippen molar-refractivity contribution in [1.82, 2.24) is 10.9 Å². The van der Waals surface area contributed by atoms with Crippen molar-refractivity contribution in [2.75, 3.05) is 6.61 Å². The molecule has 1 fully saturated rings. The lowest BCUT2D eigenvalue weighted by Crippen LogP contribution is -2.57. The lowest BCUT2D eigenvalue weighted by molar-refractivity contribution is -0.138. The van der Waals surface area contributed by atoms with E-state index in [1.54, 1.807) is 12.1 Å². The summed E-state index contributed by atoms with van der Waals surface area (Å²) in [5, 5.41) is 0. The van der Waals surface area contributed by atoms with Crippen LogP contribution in [0.15, 0.2) is 54.6 Å². The van der Waals surface area contributed by atoms with Gasteiger partial charge in [0.1, 0.15) is 6.61 Å². The maximum atomic E-state index is 12.7. The van der Waals surface area contributed by atoms with E-state index in [1.807, 2.05) is 42.5 Å². The maximum Gasteiger partial charge on any atom is 0.283 e. The molecule has 2 N–H and O–H groups in total. The van der Waals surface area contributed by atoms with Gasteiger partial charge < -0.3 is 9.47 Å². The largest absolute Gasteiger partial charge is 0.485 e. The molecule has 2 aromatic carbocycles. The molecule has 0 bridgehead atoms. The van der Waals surface area contributed by atoms with Gasteiger partial charge in [-0.15, -0.1) is 0 Å². The van der Waals surface area contributed by atoms with E-state index in [9.17, 15) is 9.59 Å². The van der Waals surface area contributed by atoms with Crippen LogP contribution in [0, 0.1) is 0 Å². The van der Waals surface area contributed by atoms with Gasteiger partial charge in [-0.1, -0.05) is 48.9 Å². The highest BCUT2D eigenvalue weighted by molar-refractivity contribution is 5.91. The second-order valence-corrected chi connectivity index (χ2v) is 6.61. The summed E-state index contributed by atoms with van der Waals surface area (Å²) < 4.78 is 11.2. The number of para-hydroxylation sites is 2. The Hall–Kier alpha value is -3.02. The van der Waals surface area contributed by atoms with E-state index in [0.717, 1.165) is 24.8 Å². The molecule has 1 heterocycles. The Kier molecular flexibility index (Phi) is 4.24. The van der Waals surface area contributed by atoms with E-state index < -0.39 is 17.4 Å². The number of hydrazine groups is 1. The first-order valence-corrected chi connectivity index (χ1v) is 8.73. The minimum absolute atomic E-state index is 0.0997. The molecule has 6 heteroatoms. The third-order valence-corrected chi connectivity index (χ3v) is 5.07. The van der Waals surface area contributed by atoms with Crippen molar-refractivity contribution in [2.24, 2.45) is 0 Å². The van der Waals surface area contributed by atoms with E-state index in [4.69, 9.17) is 9.47 Å². The predicted molar refractivity (Wildman–Crippen MR) is 94.6 cm³/mol. The number of fused-ring (bicyclic) bond motifs is 1. The molecule has 4 rings (SSSR count). The number of nitrogens with one attached hydrogen (secondary N) is 2. The Balaban J connectivity index is 1.38. The molecule has 0 saturated heterocycles. The van der Waals surface area contributed by atoms with Gasteiger partial charge in [-0.05, 0) is 30.5 Å². The van der Waals surface area contributed by atoms with Gasteiger partial charge in [0.05, 0.1) is 5.41 Å². The lowest BCUT2D eigenvalue weighted by atomic mass is 9.64. The Morgan fingerprint density at radius 2 is 1.62 bits per heavy atom. The molecular formula is C20H20N2O4. The summed E-state index contributed by atoms with van der Waals surface area (Å²) in [5.41, 5.74) is 5.47. The zero-order valence-corrected chi connectivity index (χ0v) is 14.2. The highest BCUT2D eigenvalue weighted by Crippen LogP contribution is 2.43. The molecule has 1 saturated carbocycles. The van der Waals surface area contributed by atoms with E-state index in [-0.39, 0.29) is 12.5 Å². The molecule has 2 aromatic rings. The lowest BCUT2D eigenvalue weighted by Gasteiger charge is -2.40. The predicted octanol–water partition coefficient (Wildman–Crippen LogP) is 2.10. The van der Waals surface area contributed by atoms with Gasteiger partial charge >= 0.3 is 0 Å². The highest BCUT2D eigenvalue weighted by Gasteiger charge is 2.45. The van der Waals surface area contributed by atoms with Crippen molar-refractivity contribution in [3.8, 4) is 11.5 Å². The minimum Gasteiger partial charge on any atom is -0.485 e. The third kappa shape index (κ3) is 2.87. The molecular weight excluding hydrogens is 332 g/mol. The van der Waals surface area contributed by atoms with E-state index in [2.05, 4.69) is 10.9 Å². The normalized spacial score (nSPS) is 19.8. The molecule has 0 spiro atoms. The SMILES string of the molecule is O=C(NNC(=O)C1(c2ccccc2)CCC1)[C@H]1COc2ccccc2O1. The van der Waals surface area contributed by atoms with Gasteiger partial charge in [0.15, 0.2) is 11.5 Å². The Labute approximate surface area is 151 Å². The molecule has 134 valence electrons. The summed E-state index contributed by atoms with van der Waals surface area (Å²) in [6.45, 7) is 0.0997. The van der Waals surface area contributed by atoms with Crippen LogP contribution < -0.4 is 20.3 Å². The fourth-order valence-electron chi connectivity index (χ4n) is 3.40. The number of benzene rings is 2. The van der Waals surface area contributed by atoms with E-state index in [0.29, 0.717) is 11.5 Å². The fraction of sp³-hybridized carbons (Fsp3) is 0.300. The Bertz CT molecular complexity index is 818. The average molecular weight is 352 g/mol. The van der Waals surface area contributed by atoms with Gasteiger partial charge in [0, 0.05) is 0 Å². The van der Waals surface area contributed by atoms with E-state index >= 15 is 0 Å². The molecule has 0 radical (unpaired) electrons. The number of rotatable bonds is 3. The standard InChI is InChI=1S/C20H20N2O4/c23-18(17-13-25-15-9-4-5-10-16(15)26-17)21-22-19(24)20(11-6-12-20)14-7-2-1-3-8-14/h1-5,7-10,17H,6,11-13H2,(H,21,23)(H,22,24)/t17-/m1/s1. The van der Waals surface area contributed by atoms with Crippen molar-refractivity contribution in [2.45, 2.75) is 30.8 Å². The second-order valence-electron chi connectivity index (χ2n) is 6.61. The number of ether oxygens (including phenoxy) is 2. The minimum atomic E-state index is -0.806. The zero-order valence-electron chi connectivity index (χ0n) is 14.2. The summed E-state index contributed by atoms with van der Waals surface area (Å²) in [6, 6.07) is 16.9. The van der Waals surface area contributed by atoms with Crippen LogP contribution in [0.5, 0.6) is 11.5 Å². The molecule has 0 aromatic heterocycles. The van der Waals surface area contributed by atoms with Crippen molar-refractivity contribution in [3.63, 3.8) is 0 Å². The average Bonchev–Trinajstić information content (AvgIpc) is 2.65.